The predicted molar refractivity (Wildman–Crippen MR) is 123 cm³/mol. The first-order valence-electron chi connectivity index (χ1n) is 10.5. The number of hydrogen-bond donors (Lipinski definition) is 2. The molecule has 176 valence electrons. The van der Waals surface area contributed by atoms with Gasteiger partial charge >= 0.3 is 6.09 Å². The molecular weight excluding hydrogens is 412 g/mol. The zero-order chi connectivity index (χ0) is 23.6. The average Bonchev–Trinajstić information content (AvgIpc) is 2.74. The number of carbonyl (C=O) groups excluding carboxylic acids is 1. The summed E-state index contributed by atoms with van der Waals surface area (Å²) in [7, 11) is 1.55. The maximum Gasteiger partial charge on any atom is 0.410 e. The van der Waals surface area contributed by atoms with E-state index in [2.05, 4.69) is 0 Å². The lowest BCUT2D eigenvalue weighted by Gasteiger charge is -2.29. The number of methoxy groups -OCH3 is 1. The normalized spacial score (nSPS) is 12.2. The van der Waals surface area contributed by atoms with Crippen LogP contribution in [0.1, 0.15) is 26.3 Å². The van der Waals surface area contributed by atoms with E-state index >= 15 is 0 Å². The second-order valence-electron chi connectivity index (χ2n) is 8.41. The minimum Gasteiger partial charge on any atom is -0.491 e. The van der Waals surface area contributed by atoms with E-state index in [0.717, 1.165) is 5.56 Å². The highest BCUT2D eigenvalue weighted by molar-refractivity contribution is 5.68. The zero-order valence-electron chi connectivity index (χ0n) is 19.2. The van der Waals surface area contributed by atoms with Crippen molar-refractivity contribution in [1.29, 1.82) is 0 Å². The Bertz CT molecular complexity index is 818. The third kappa shape index (κ3) is 9.45. The molecule has 1 amide bonds. The van der Waals surface area contributed by atoms with Crippen LogP contribution in [0.25, 0.3) is 0 Å². The highest BCUT2D eigenvalue weighted by atomic mass is 16.7. The monoisotopic (exact) mass is 446 g/mol. The van der Waals surface area contributed by atoms with Gasteiger partial charge in [0.2, 0.25) is 0 Å². The number of ether oxygens (including phenoxy) is 4. The second kappa shape index (κ2) is 12.2. The first-order chi connectivity index (χ1) is 15.2. The van der Waals surface area contributed by atoms with Gasteiger partial charge in [0.25, 0.3) is 0 Å². The molecule has 2 aromatic carbocycles. The Kier molecular flexibility index (Phi) is 9.61. The SMILES string of the molecule is COCOc1ccc(OC[C@@H](O)CN(CCc2ccc(N)cc2)C(=O)OC(C)(C)C)cc1. The van der Waals surface area contributed by atoms with Crippen LogP contribution in [0, 0.1) is 0 Å². The maximum atomic E-state index is 12.7. The number of anilines is 1. The lowest BCUT2D eigenvalue weighted by Crippen LogP contribution is -2.43. The van der Waals surface area contributed by atoms with Crippen LogP contribution < -0.4 is 15.2 Å². The molecule has 0 bridgehead atoms. The Balaban J connectivity index is 1.92. The van der Waals surface area contributed by atoms with Crippen molar-refractivity contribution < 1.29 is 28.8 Å². The Morgan fingerprint density at radius 1 is 1.03 bits per heavy atom. The molecular formula is C24H34N2O6. The summed E-state index contributed by atoms with van der Waals surface area (Å²) in [5.74, 6) is 1.23. The number of aliphatic hydroxyl groups excluding tert-OH is 1. The van der Waals surface area contributed by atoms with Gasteiger partial charge in [0.05, 0.1) is 6.54 Å². The molecule has 0 heterocycles. The van der Waals surface area contributed by atoms with E-state index in [0.29, 0.717) is 30.2 Å². The van der Waals surface area contributed by atoms with E-state index in [4.69, 9.17) is 24.7 Å². The van der Waals surface area contributed by atoms with Gasteiger partial charge in [-0.2, -0.15) is 0 Å². The van der Waals surface area contributed by atoms with Crippen LogP contribution in [0.4, 0.5) is 10.5 Å². The van der Waals surface area contributed by atoms with Gasteiger partial charge in [-0.25, -0.2) is 4.79 Å². The van der Waals surface area contributed by atoms with Crippen molar-refractivity contribution >= 4 is 11.8 Å². The quantitative estimate of drug-likeness (QED) is 0.402. The van der Waals surface area contributed by atoms with E-state index in [1.807, 2.05) is 45.0 Å². The fraction of sp³-hybridized carbons (Fsp3) is 0.458. The molecule has 2 aromatic rings. The smallest absolute Gasteiger partial charge is 0.410 e. The molecule has 3 N–H and O–H groups in total. The molecule has 8 heteroatoms. The first-order valence-corrected chi connectivity index (χ1v) is 10.5. The van der Waals surface area contributed by atoms with Gasteiger partial charge in [0, 0.05) is 19.3 Å². The van der Waals surface area contributed by atoms with Crippen molar-refractivity contribution in [3.05, 3.63) is 54.1 Å². The number of nitrogen functional groups attached to an aromatic ring is 1. The predicted octanol–water partition coefficient (Wildman–Crippen LogP) is 3.47. The van der Waals surface area contributed by atoms with E-state index in [1.54, 1.807) is 31.4 Å². The van der Waals surface area contributed by atoms with Crippen LogP contribution in [0.15, 0.2) is 48.5 Å². The lowest BCUT2D eigenvalue weighted by atomic mass is 10.1. The number of nitrogens with zero attached hydrogens (tertiary/aromatic N) is 1. The fourth-order valence-electron chi connectivity index (χ4n) is 2.79. The van der Waals surface area contributed by atoms with Gasteiger partial charge < -0.3 is 34.7 Å². The summed E-state index contributed by atoms with van der Waals surface area (Å²) >= 11 is 0. The molecule has 0 fully saturated rings. The molecule has 0 spiro atoms. The van der Waals surface area contributed by atoms with E-state index in [-0.39, 0.29) is 19.9 Å². The molecule has 2 rings (SSSR count). The van der Waals surface area contributed by atoms with Crippen LogP contribution in [-0.2, 0) is 15.9 Å². The van der Waals surface area contributed by atoms with E-state index < -0.39 is 17.8 Å². The van der Waals surface area contributed by atoms with Crippen LogP contribution >= 0.6 is 0 Å². The lowest BCUT2D eigenvalue weighted by molar-refractivity contribution is 0.00942. The van der Waals surface area contributed by atoms with Gasteiger partial charge in [-0.1, -0.05) is 12.1 Å². The summed E-state index contributed by atoms with van der Waals surface area (Å²) in [6.45, 7) is 6.09. The molecule has 0 unspecified atom stereocenters. The second-order valence-corrected chi connectivity index (χ2v) is 8.41. The van der Waals surface area contributed by atoms with Gasteiger partial charge in [0.15, 0.2) is 6.79 Å². The topological polar surface area (TPSA) is 103 Å². The molecule has 1 atom stereocenters. The Hall–Kier alpha value is -2.97. The molecule has 0 aliphatic carbocycles. The number of nitrogens with two attached hydrogens (primary N) is 1. The maximum absolute atomic E-state index is 12.7. The molecule has 0 aromatic heterocycles. The van der Waals surface area contributed by atoms with Gasteiger partial charge in [-0.15, -0.1) is 0 Å². The van der Waals surface area contributed by atoms with Crippen LogP contribution in [0.5, 0.6) is 11.5 Å². The van der Waals surface area contributed by atoms with Crippen LogP contribution in [-0.4, -0.2) is 61.4 Å². The number of carbonyl (C=O) groups is 1. The van der Waals surface area contributed by atoms with Crippen molar-refractivity contribution in [1.82, 2.24) is 4.90 Å². The number of benzene rings is 2. The average molecular weight is 447 g/mol. The van der Waals surface area contributed by atoms with Crippen molar-refractivity contribution in [2.45, 2.75) is 38.9 Å². The number of rotatable bonds is 11. The molecule has 8 nitrogen and oxygen atoms in total. The highest BCUT2D eigenvalue weighted by Gasteiger charge is 2.24. The highest BCUT2D eigenvalue weighted by Crippen LogP contribution is 2.18. The Labute approximate surface area is 189 Å². The molecule has 0 aliphatic heterocycles. The van der Waals surface area contributed by atoms with Gasteiger partial charge in [-0.05, 0) is 69.2 Å². The summed E-state index contributed by atoms with van der Waals surface area (Å²) < 4.78 is 21.4. The third-order valence-corrected chi connectivity index (χ3v) is 4.34. The molecule has 0 radical (unpaired) electrons. The third-order valence-electron chi connectivity index (χ3n) is 4.34. The van der Waals surface area contributed by atoms with Crippen molar-refractivity contribution in [2.75, 3.05) is 39.3 Å². The first kappa shape index (κ1) is 25.3. The Morgan fingerprint density at radius 3 is 2.19 bits per heavy atom. The van der Waals surface area contributed by atoms with Crippen molar-refractivity contribution in [3.8, 4) is 11.5 Å². The summed E-state index contributed by atoms with van der Waals surface area (Å²) in [5.41, 5.74) is 6.82. The number of aliphatic hydroxyl groups is 1. The molecule has 0 saturated carbocycles. The summed E-state index contributed by atoms with van der Waals surface area (Å²) in [6, 6.07) is 14.5. The Morgan fingerprint density at radius 2 is 1.62 bits per heavy atom. The number of hydrogen-bond acceptors (Lipinski definition) is 7. The zero-order valence-corrected chi connectivity index (χ0v) is 19.2. The van der Waals surface area contributed by atoms with Crippen molar-refractivity contribution in [2.24, 2.45) is 0 Å². The fourth-order valence-corrected chi connectivity index (χ4v) is 2.79. The van der Waals surface area contributed by atoms with E-state index in [9.17, 15) is 9.90 Å². The number of amides is 1. The van der Waals surface area contributed by atoms with E-state index in [1.165, 1.54) is 4.90 Å². The molecule has 0 aliphatic rings. The van der Waals surface area contributed by atoms with Crippen molar-refractivity contribution in [3.63, 3.8) is 0 Å². The summed E-state index contributed by atoms with van der Waals surface area (Å²) in [4.78, 5) is 14.2. The van der Waals surface area contributed by atoms with Crippen LogP contribution in [0.3, 0.4) is 0 Å². The summed E-state index contributed by atoms with van der Waals surface area (Å²) in [5, 5.41) is 10.5. The molecule has 32 heavy (non-hydrogen) atoms. The summed E-state index contributed by atoms with van der Waals surface area (Å²) in [6.07, 6.45) is -0.763. The largest absolute Gasteiger partial charge is 0.491 e. The van der Waals surface area contributed by atoms with Gasteiger partial charge in [0.1, 0.15) is 29.8 Å². The van der Waals surface area contributed by atoms with Crippen LogP contribution in [0.2, 0.25) is 0 Å². The minimum atomic E-state index is -0.890. The molecule has 0 saturated heterocycles. The standard InChI is InChI=1S/C24H34N2O6/c1-24(2,3)32-23(28)26(14-13-18-5-7-19(25)8-6-18)15-20(27)16-30-21-9-11-22(12-10-21)31-17-29-4/h5-12,20,27H,13-17,25H2,1-4H3/t20-/m0/s1. The minimum absolute atomic E-state index is 0.0272. The van der Waals surface area contributed by atoms with Gasteiger partial charge in [-0.3, -0.25) is 0 Å².